The zero-order valence-corrected chi connectivity index (χ0v) is 14.8. The van der Waals surface area contributed by atoms with E-state index in [-0.39, 0.29) is 17.9 Å². The fourth-order valence-electron chi connectivity index (χ4n) is 1.43. The van der Waals surface area contributed by atoms with E-state index in [1.807, 2.05) is 0 Å². The van der Waals surface area contributed by atoms with E-state index in [2.05, 4.69) is 18.5 Å². The third-order valence-corrected chi connectivity index (χ3v) is 5.98. The first-order valence-corrected chi connectivity index (χ1v) is 10.6. The van der Waals surface area contributed by atoms with Gasteiger partial charge in [0.25, 0.3) is 12.7 Å². The number of hydrogen-bond donors (Lipinski definition) is 5. The van der Waals surface area contributed by atoms with Crippen LogP contribution in [-0.2, 0) is 26.8 Å². The predicted octanol–water partition coefficient (Wildman–Crippen LogP) is 0.609. The molecule has 17 heteroatoms. The molecule has 1 aromatic rings. The highest BCUT2D eigenvalue weighted by atomic mass is 31.3. The molecule has 2 atom stereocenters. The van der Waals surface area contributed by atoms with Gasteiger partial charge in [-0.25, -0.2) is 23.0 Å². The third-order valence-electron chi connectivity index (χ3n) is 2.19. The van der Waals surface area contributed by atoms with Crippen LogP contribution in [0.2, 0.25) is 0 Å². The average Bonchev–Trinajstić information content (AvgIpc) is 2.39. The average molecular weight is 422 g/mol. The van der Waals surface area contributed by atoms with Crippen molar-refractivity contribution in [2.24, 2.45) is 0 Å². The highest BCUT2D eigenvalue weighted by molar-refractivity contribution is 7.65. The van der Waals surface area contributed by atoms with E-state index in [0.717, 1.165) is 0 Å². The number of benzene rings is 1. The number of nitrogens with one attached hydrogen (secondary N) is 1. The molecule has 0 aliphatic heterocycles. The Morgan fingerprint density at radius 3 is 2.28 bits per heavy atom. The molecule has 0 radical (unpaired) electrons. The zero-order valence-electron chi connectivity index (χ0n) is 12.1. The van der Waals surface area contributed by atoms with Crippen molar-refractivity contribution < 1.29 is 56.5 Å². The summed E-state index contributed by atoms with van der Waals surface area (Å²) in [5, 5.41) is 11.4. The van der Waals surface area contributed by atoms with Crippen molar-refractivity contribution in [1.82, 2.24) is 0 Å². The van der Waals surface area contributed by atoms with Crippen molar-refractivity contribution in [3.63, 3.8) is 0 Å². The van der Waals surface area contributed by atoms with Gasteiger partial charge >= 0.3 is 21.3 Å². The molecule has 0 saturated carbocycles. The number of hydrogen-bond acceptors (Lipinski definition) is 9. The van der Waals surface area contributed by atoms with E-state index in [1.165, 1.54) is 24.3 Å². The zero-order chi connectivity index (χ0) is 19.3. The van der Waals surface area contributed by atoms with Crippen molar-refractivity contribution in [3.05, 3.63) is 29.2 Å². The van der Waals surface area contributed by atoms with Gasteiger partial charge in [-0.05, 0) is 6.07 Å². The van der Waals surface area contributed by atoms with Crippen molar-refractivity contribution in [3.8, 4) is 0 Å². The van der Waals surface area contributed by atoms with E-state index < -0.39 is 35.0 Å². The quantitative estimate of drug-likeness (QED) is 0.199. The first-order valence-electron chi connectivity index (χ1n) is 6.07. The lowest BCUT2D eigenvalue weighted by molar-refractivity contribution is -0.729. The summed E-state index contributed by atoms with van der Waals surface area (Å²) >= 11 is 0. The molecule has 0 spiro atoms. The normalized spacial score (nSPS) is 16.6. The lowest BCUT2D eigenvalue weighted by Gasteiger charge is -2.24. The van der Waals surface area contributed by atoms with Gasteiger partial charge < -0.3 is 24.9 Å². The van der Waals surface area contributed by atoms with Gasteiger partial charge in [0.1, 0.15) is 5.69 Å². The monoisotopic (exact) mass is 422 g/mol. The van der Waals surface area contributed by atoms with Crippen molar-refractivity contribution >= 4 is 34.8 Å². The molecule has 0 aliphatic carbocycles. The molecule has 14 nitrogen and oxygen atoms in total. The first kappa shape index (κ1) is 21.9. The molecule has 2 unspecified atom stereocenters. The van der Waals surface area contributed by atoms with Crippen LogP contribution in [0.5, 0.6) is 0 Å². The molecule has 0 saturated heterocycles. The Morgan fingerprint density at radius 2 is 1.72 bits per heavy atom. The largest absolute Gasteiger partial charge is 0.756 e. The van der Waals surface area contributed by atoms with Gasteiger partial charge in [0.2, 0.25) is 0 Å². The molecule has 1 aromatic carbocycles. The molecule has 5 N–H and O–H groups in total. The lowest BCUT2D eigenvalue weighted by Crippen LogP contribution is -2.12. The SMILES string of the molecule is O=[N+](O)c1ccccc1NCCOP(=O)(O)OP(=O)([O-])OP(=O)(O)O. The summed E-state index contributed by atoms with van der Waals surface area (Å²) in [6.07, 6.45) is 0. The Balaban J connectivity index is 2.55. The van der Waals surface area contributed by atoms with Gasteiger partial charge in [-0.2, -0.15) is 0 Å². The predicted molar refractivity (Wildman–Crippen MR) is 77.6 cm³/mol. The van der Waals surface area contributed by atoms with Gasteiger partial charge in [0, 0.05) is 12.6 Å². The number of anilines is 1. The number of rotatable bonds is 10. The Labute approximate surface area is 140 Å². The second kappa shape index (κ2) is 8.47. The fraction of sp³-hybridized carbons (Fsp3) is 0.250. The second-order valence-corrected chi connectivity index (χ2v) is 8.50. The minimum atomic E-state index is -5.82. The molecule has 0 fully saturated rings. The summed E-state index contributed by atoms with van der Waals surface area (Å²) in [6, 6.07) is 5.64. The Bertz CT molecular complexity index is 762. The Kier molecular flexibility index (Phi) is 7.41. The summed E-state index contributed by atoms with van der Waals surface area (Å²) in [4.78, 5) is 47.3. The molecule has 0 bridgehead atoms. The Hall–Kier alpha value is -1.17. The van der Waals surface area contributed by atoms with Crippen LogP contribution in [0.3, 0.4) is 0 Å². The van der Waals surface area contributed by atoms with E-state index >= 15 is 0 Å². The summed E-state index contributed by atoms with van der Waals surface area (Å²) in [5.74, 6) is 0. The lowest BCUT2D eigenvalue weighted by atomic mass is 10.2. The van der Waals surface area contributed by atoms with E-state index in [0.29, 0.717) is 0 Å². The third kappa shape index (κ3) is 8.66. The molecule has 25 heavy (non-hydrogen) atoms. The smallest absolute Gasteiger partial charge is 0.478 e. The maximum absolute atomic E-state index is 11.4. The van der Waals surface area contributed by atoms with Gasteiger partial charge in [-0.3, -0.25) is 9.09 Å². The molecule has 1 rings (SSSR count). The molecule has 0 aromatic heterocycles. The highest BCUT2D eigenvalue weighted by Crippen LogP contribution is 2.63. The van der Waals surface area contributed by atoms with Gasteiger partial charge in [0.05, 0.1) is 11.5 Å². The molecule has 142 valence electrons. The van der Waals surface area contributed by atoms with E-state index in [9.17, 15) is 23.5 Å². The number of phosphoric acid groups is 3. The van der Waals surface area contributed by atoms with Gasteiger partial charge in [0.15, 0.2) is 0 Å². The molecular weight excluding hydrogens is 409 g/mol. The second-order valence-electron chi connectivity index (χ2n) is 4.12. The van der Waals surface area contributed by atoms with Crippen LogP contribution in [0.1, 0.15) is 0 Å². The van der Waals surface area contributed by atoms with E-state index in [1.54, 1.807) is 0 Å². The topological polar surface area (TPSA) is 215 Å². The van der Waals surface area contributed by atoms with Crippen LogP contribution >= 0.6 is 23.5 Å². The van der Waals surface area contributed by atoms with Crippen LogP contribution in [0, 0.1) is 4.91 Å². The molecule has 0 amide bonds. The molecular formula is C8H13N2O12P3. The minimum Gasteiger partial charge on any atom is -0.756 e. The van der Waals surface area contributed by atoms with Gasteiger partial charge in [-0.15, -0.1) is 0 Å². The summed E-state index contributed by atoms with van der Waals surface area (Å²) in [5.41, 5.74) is -0.0262. The molecule has 0 aliphatic rings. The van der Waals surface area contributed by atoms with Crippen molar-refractivity contribution in [2.45, 2.75) is 0 Å². The fourth-order valence-corrected chi connectivity index (χ4v) is 4.38. The van der Waals surface area contributed by atoms with Crippen LogP contribution in [0.4, 0.5) is 11.4 Å². The highest BCUT2D eigenvalue weighted by Gasteiger charge is 2.33. The van der Waals surface area contributed by atoms with Gasteiger partial charge in [-0.1, -0.05) is 12.1 Å². The van der Waals surface area contributed by atoms with Crippen LogP contribution in [-0.4, -0.2) is 38.0 Å². The van der Waals surface area contributed by atoms with Crippen LogP contribution in [0.25, 0.3) is 0 Å². The van der Waals surface area contributed by atoms with Crippen molar-refractivity contribution in [2.75, 3.05) is 18.5 Å². The van der Waals surface area contributed by atoms with Crippen LogP contribution < -0.4 is 10.2 Å². The maximum Gasteiger partial charge on any atom is 0.478 e. The minimum absolute atomic E-state index is 0.136. The number of para-hydroxylation sites is 2. The summed E-state index contributed by atoms with van der Waals surface area (Å²) < 4.78 is 43.9. The number of phosphoric ester groups is 1. The van der Waals surface area contributed by atoms with Crippen LogP contribution in [0.15, 0.2) is 24.3 Å². The first-order chi connectivity index (χ1) is 11.3. The molecule has 0 heterocycles. The van der Waals surface area contributed by atoms with Crippen molar-refractivity contribution in [1.29, 1.82) is 0 Å². The Morgan fingerprint density at radius 1 is 1.12 bits per heavy atom. The number of nitrogens with zero attached hydrogens (tertiary/aromatic N) is 1. The van der Waals surface area contributed by atoms with E-state index in [4.69, 9.17) is 19.9 Å². The maximum atomic E-state index is 11.4. The standard InChI is InChI=1S/C8H13N2O12P3/c11-10(12)8-4-2-1-3-7(8)9-5-6-20-24(16,17)22-25(18,19)21-23(13,14)15/h1-4,9H,5-6H2,(H4-,11,12,13,14,15,16,17,18,19). The summed E-state index contributed by atoms with van der Waals surface area (Å²) in [7, 11) is -16.6. The summed E-state index contributed by atoms with van der Waals surface area (Å²) in [6.45, 7) is -0.858.